The zero-order valence-corrected chi connectivity index (χ0v) is 9.04. The van der Waals surface area contributed by atoms with Gasteiger partial charge in [-0.3, -0.25) is 0 Å². The average molecular weight is 208 g/mol. The molecule has 1 fully saturated rings. The summed E-state index contributed by atoms with van der Waals surface area (Å²) >= 11 is 0. The smallest absolute Gasteiger partial charge is 0.123 e. The predicted octanol–water partition coefficient (Wildman–Crippen LogP) is 1.79. The van der Waals surface area contributed by atoms with E-state index in [4.69, 9.17) is 0 Å². The highest BCUT2D eigenvalue weighted by atomic mass is 19.1. The van der Waals surface area contributed by atoms with E-state index in [1.807, 2.05) is 12.1 Å². The molecular weight excluding hydrogens is 191 g/mol. The molecule has 0 radical (unpaired) electrons. The molecule has 15 heavy (non-hydrogen) atoms. The largest absolute Gasteiger partial charge is 0.308 e. The Labute approximate surface area is 90.1 Å². The fourth-order valence-electron chi connectivity index (χ4n) is 2.02. The summed E-state index contributed by atoms with van der Waals surface area (Å²) in [7, 11) is 0. The van der Waals surface area contributed by atoms with Gasteiger partial charge < -0.3 is 10.2 Å². The quantitative estimate of drug-likeness (QED) is 0.797. The normalized spacial score (nSPS) is 22.9. The third-order valence-corrected chi connectivity index (χ3v) is 2.98. The van der Waals surface area contributed by atoms with Crippen LogP contribution < -0.4 is 5.32 Å². The summed E-state index contributed by atoms with van der Waals surface area (Å²) in [5.74, 6) is -0.165. The number of nitrogens with one attached hydrogen (secondary N) is 1. The van der Waals surface area contributed by atoms with Crippen molar-refractivity contribution in [2.24, 2.45) is 0 Å². The van der Waals surface area contributed by atoms with Gasteiger partial charge in [-0.15, -0.1) is 0 Å². The van der Waals surface area contributed by atoms with Crippen LogP contribution in [0, 0.1) is 5.82 Å². The lowest BCUT2D eigenvalue weighted by molar-refractivity contribution is 0.210. The Hall–Kier alpha value is -0.930. The minimum atomic E-state index is -0.165. The molecule has 0 saturated carbocycles. The Morgan fingerprint density at radius 2 is 2.13 bits per heavy atom. The second kappa shape index (κ2) is 4.73. The molecular formula is C12H17FN2. The summed E-state index contributed by atoms with van der Waals surface area (Å²) in [6.45, 7) is 6.39. The Morgan fingerprint density at radius 1 is 1.40 bits per heavy atom. The van der Waals surface area contributed by atoms with Crippen molar-refractivity contribution in [1.82, 2.24) is 10.2 Å². The Kier molecular flexibility index (Phi) is 3.34. The van der Waals surface area contributed by atoms with E-state index in [-0.39, 0.29) is 5.82 Å². The summed E-state index contributed by atoms with van der Waals surface area (Å²) in [4.78, 5) is 2.41. The van der Waals surface area contributed by atoms with Crippen molar-refractivity contribution >= 4 is 0 Å². The summed E-state index contributed by atoms with van der Waals surface area (Å²) in [5, 5.41) is 3.46. The Morgan fingerprint density at radius 3 is 2.80 bits per heavy atom. The molecule has 1 aromatic rings. The molecule has 1 heterocycles. The number of nitrogens with zero attached hydrogens (tertiary/aromatic N) is 1. The molecule has 0 bridgehead atoms. The molecule has 2 rings (SSSR count). The van der Waals surface area contributed by atoms with Crippen molar-refractivity contribution in [1.29, 1.82) is 0 Å². The van der Waals surface area contributed by atoms with Gasteiger partial charge in [-0.05, 0) is 24.2 Å². The van der Waals surface area contributed by atoms with Crippen molar-refractivity contribution in [2.45, 2.75) is 13.0 Å². The topological polar surface area (TPSA) is 15.3 Å². The minimum Gasteiger partial charge on any atom is -0.308 e. The van der Waals surface area contributed by atoms with Gasteiger partial charge in [0.15, 0.2) is 0 Å². The Bertz CT molecular complexity index is 310. The highest BCUT2D eigenvalue weighted by Gasteiger charge is 2.19. The van der Waals surface area contributed by atoms with E-state index in [0.29, 0.717) is 6.04 Å². The lowest BCUT2D eigenvalue weighted by Gasteiger charge is -2.33. The van der Waals surface area contributed by atoms with Gasteiger partial charge in [-0.1, -0.05) is 19.1 Å². The van der Waals surface area contributed by atoms with Crippen LogP contribution in [0.3, 0.4) is 0 Å². The van der Waals surface area contributed by atoms with Gasteiger partial charge in [0.1, 0.15) is 5.82 Å². The van der Waals surface area contributed by atoms with Crippen LogP contribution in [0.1, 0.15) is 18.5 Å². The minimum absolute atomic E-state index is 0.165. The highest BCUT2D eigenvalue weighted by molar-refractivity contribution is 5.20. The van der Waals surface area contributed by atoms with Gasteiger partial charge in [0, 0.05) is 25.7 Å². The molecule has 0 spiro atoms. The monoisotopic (exact) mass is 208 g/mol. The maximum Gasteiger partial charge on any atom is 0.123 e. The molecule has 1 aliphatic rings. The van der Waals surface area contributed by atoms with E-state index in [1.54, 1.807) is 0 Å². The molecule has 1 atom stereocenters. The van der Waals surface area contributed by atoms with E-state index < -0.39 is 0 Å². The maximum absolute atomic E-state index is 12.8. The van der Waals surface area contributed by atoms with Crippen LogP contribution in [0.5, 0.6) is 0 Å². The van der Waals surface area contributed by atoms with Crippen molar-refractivity contribution in [2.75, 3.05) is 26.2 Å². The third-order valence-electron chi connectivity index (χ3n) is 2.98. The van der Waals surface area contributed by atoms with Crippen LogP contribution in [-0.2, 0) is 0 Å². The van der Waals surface area contributed by atoms with Gasteiger partial charge in [-0.25, -0.2) is 4.39 Å². The van der Waals surface area contributed by atoms with Crippen LogP contribution >= 0.6 is 0 Å². The summed E-state index contributed by atoms with van der Waals surface area (Å²) in [6, 6.07) is 7.14. The van der Waals surface area contributed by atoms with Crippen LogP contribution in [0.4, 0.5) is 4.39 Å². The first-order valence-electron chi connectivity index (χ1n) is 5.51. The number of likely N-dealkylation sites (N-methyl/N-ethyl adjacent to an activating group) is 1. The Balaban J connectivity index is 2.06. The number of rotatable bonds is 2. The number of halogens is 1. The first-order chi connectivity index (χ1) is 7.29. The van der Waals surface area contributed by atoms with Gasteiger partial charge in [0.2, 0.25) is 0 Å². The summed E-state index contributed by atoms with van der Waals surface area (Å²) in [5.41, 5.74) is 1.18. The molecule has 0 aliphatic carbocycles. The van der Waals surface area contributed by atoms with Crippen molar-refractivity contribution in [3.63, 3.8) is 0 Å². The molecule has 0 aromatic heterocycles. The molecule has 1 aliphatic heterocycles. The zero-order chi connectivity index (χ0) is 10.7. The molecule has 0 unspecified atom stereocenters. The summed E-state index contributed by atoms with van der Waals surface area (Å²) in [6.07, 6.45) is 0. The first kappa shape index (κ1) is 10.6. The highest BCUT2D eigenvalue weighted by Crippen LogP contribution is 2.17. The molecule has 1 N–H and O–H groups in total. The molecule has 2 nitrogen and oxygen atoms in total. The fourth-order valence-corrected chi connectivity index (χ4v) is 2.02. The van der Waals surface area contributed by atoms with Crippen LogP contribution in [0.25, 0.3) is 0 Å². The van der Waals surface area contributed by atoms with E-state index in [1.165, 1.54) is 17.7 Å². The lowest BCUT2D eigenvalue weighted by atomic mass is 10.0. The number of benzene rings is 1. The fraction of sp³-hybridized carbons (Fsp3) is 0.500. The van der Waals surface area contributed by atoms with Gasteiger partial charge in [0.25, 0.3) is 0 Å². The molecule has 1 aromatic carbocycles. The summed E-state index contributed by atoms with van der Waals surface area (Å²) < 4.78 is 12.8. The van der Waals surface area contributed by atoms with E-state index >= 15 is 0 Å². The van der Waals surface area contributed by atoms with Crippen LogP contribution in [-0.4, -0.2) is 31.1 Å². The van der Waals surface area contributed by atoms with Gasteiger partial charge >= 0.3 is 0 Å². The third kappa shape index (κ3) is 2.55. The second-order valence-corrected chi connectivity index (χ2v) is 3.95. The number of hydrogen-bond acceptors (Lipinski definition) is 2. The molecule has 0 amide bonds. The molecule has 82 valence electrons. The van der Waals surface area contributed by atoms with Crippen molar-refractivity contribution in [3.8, 4) is 0 Å². The molecule has 3 heteroatoms. The van der Waals surface area contributed by atoms with E-state index in [0.717, 1.165) is 26.2 Å². The molecule has 1 saturated heterocycles. The first-order valence-corrected chi connectivity index (χ1v) is 5.51. The van der Waals surface area contributed by atoms with E-state index in [9.17, 15) is 4.39 Å². The lowest BCUT2D eigenvalue weighted by Crippen LogP contribution is -2.45. The zero-order valence-electron chi connectivity index (χ0n) is 9.04. The van der Waals surface area contributed by atoms with Crippen molar-refractivity contribution in [3.05, 3.63) is 35.6 Å². The second-order valence-electron chi connectivity index (χ2n) is 3.95. The number of piperazine rings is 1. The maximum atomic E-state index is 12.8. The van der Waals surface area contributed by atoms with Crippen molar-refractivity contribution < 1.29 is 4.39 Å². The van der Waals surface area contributed by atoms with E-state index in [2.05, 4.69) is 17.1 Å². The SMILES string of the molecule is CCN1CCN[C@@H](c2ccc(F)cc2)C1. The predicted molar refractivity (Wildman–Crippen MR) is 59.3 cm³/mol. The van der Waals surface area contributed by atoms with Crippen LogP contribution in [0.15, 0.2) is 24.3 Å². The van der Waals surface area contributed by atoms with Gasteiger partial charge in [0.05, 0.1) is 0 Å². The van der Waals surface area contributed by atoms with Crippen LogP contribution in [0.2, 0.25) is 0 Å². The average Bonchev–Trinajstić information content (AvgIpc) is 2.30. The van der Waals surface area contributed by atoms with Gasteiger partial charge in [-0.2, -0.15) is 0 Å². The number of hydrogen-bond donors (Lipinski definition) is 1. The standard InChI is InChI=1S/C12H17FN2/c1-2-15-8-7-14-12(9-15)10-3-5-11(13)6-4-10/h3-6,12,14H,2,7-9H2,1H3/t12-/m1/s1.